The van der Waals surface area contributed by atoms with Gasteiger partial charge in [-0.25, -0.2) is 17.2 Å². The second-order valence-electron chi connectivity index (χ2n) is 4.49. The van der Waals surface area contributed by atoms with Crippen LogP contribution in [-0.2, 0) is 16.6 Å². The lowest BCUT2D eigenvalue weighted by atomic mass is 10.2. The molecule has 0 aliphatic heterocycles. The molecule has 0 atom stereocenters. The first kappa shape index (κ1) is 17.0. The molecule has 1 rings (SSSR count). The molecule has 0 aromatic carbocycles. The third-order valence-electron chi connectivity index (χ3n) is 2.81. The third kappa shape index (κ3) is 3.97. The van der Waals surface area contributed by atoms with E-state index in [1.54, 1.807) is 6.92 Å². The average molecular weight is 310 g/mol. The van der Waals surface area contributed by atoms with Crippen molar-refractivity contribution in [3.63, 3.8) is 0 Å². The zero-order chi connectivity index (χ0) is 15.3. The van der Waals surface area contributed by atoms with E-state index >= 15 is 0 Å². The van der Waals surface area contributed by atoms with Gasteiger partial charge >= 0.3 is 0 Å². The van der Waals surface area contributed by atoms with Gasteiger partial charge in [0.15, 0.2) is 5.03 Å². The van der Waals surface area contributed by atoms with Crippen LogP contribution >= 0.6 is 0 Å². The number of sulfonamides is 1. The van der Waals surface area contributed by atoms with Crippen molar-refractivity contribution in [2.75, 3.05) is 20.1 Å². The molecule has 0 unspecified atom stereocenters. The molecule has 0 aliphatic rings. The van der Waals surface area contributed by atoms with Crippen molar-refractivity contribution in [2.24, 2.45) is 0 Å². The molecule has 0 aliphatic carbocycles. The number of hydrogen-bond donors (Lipinski definition) is 2. The van der Waals surface area contributed by atoms with Crippen molar-refractivity contribution in [1.29, 1.82) is 0 Å². The highest BCUT2D eigenvalue weighted by atomic mass is 32.2. The Bertz CT molecular complexity index is 531. The number of alkyl halides is 2. The molecule has 6 nitrogen and oxygen atoms in total. The SMILES string of the molecule is CCCNCc1c(S(=O)(=O)N(C)CC(F)F)n[nH]c1C. The number of nitrogens with one attached hydrogen (secondary N) is 2. The first-order valence-corrected chi connectivity index (χ1v) is 7.73. The van der Waals surface area contributed by atoms with Gasteiger partial charge in [-0.2, -0.15) is 9.40 Å². The summed E-state index contributed by atoms with van der Waals surface area (Å²) in [4.78, 5) is 0. The van der Waals surface area contributed by atoms with Crippen LogP contribution in [0.5, 0.6) is 0 Å². The van der Waals surface area contributed by atoms with Crippen molar-refractivity contribution >= 4 is 10.0 Å². The van der Waals surface area contributed by atoms with Crippen LogP contribution in [0.25, 0.3) is 0 Å². The Balaban J connectivity index is 3.00. The molecular weight excluding hydrogens is 290 g/mol. The van der Waals surface area contributed by atoms with E-state index in [2.05, 4.69) is 15.5 Å². The van der Waals surface area contributed by atoms with E-state index < -0.39 is 23.0 Å². The number of aryl methyl sites for hydroxylation is 1. The van der Waals surface area contributed by atoms with Crippen LogP contribution in [0.3, 0.4) is 0 Å². The maximum absolute atomic E-state index is 12.3. The zero-order valence-electron chi connectivity index (χ0n) is 11.8. The summed E-state index contributed by atoms with van der Waals surface area (Å²) in [7, 11) is -2.89. The van der Waals surface area contributed by atoms with Crippen molar-refractivity contribution in [3.8, 4) is 0 Å². The Morgan fingerprint density at radius 2 is 2.10 bits per heavy atom. The summed E-state index contributed by atoms with van der Waals surface area (Å²) in [6.45, 7) is 3.89. The highest BCUT2D eigenvalue weighted by Gasteiger charge is 2.29. The Hall–Kier alpha value is -1.06. The fourth-order valence-corrected chi connectivity index (χ4v) is 2.98. The molecule has 1 heterocycles. The van der Waals surface area contributed by atoms with E-state index in [0.29, 0.717) is 22.1 Å². The van der Waals surface area contributed by atoms with E-state index in [0.717, 1.165) is 20.0 Å². The maximum atomic E-state index is 12.3. The van der Waals surface area contributed by atoms with Gasteiger partial charge < -0.3 is 5.32 Å². The van der Waals surface area contributed by atoms with Gasteiger partial charge in [-0.05, 0) is 19.9 Å². The summed E-state index contributed by atoms with van der Waals surface area (Å²) in [5.41, 5.74) is 1.09. The quantitative estimate of drug-likeness (QED) is 0.705. The number of halogens is 2. The van der Waals surface area contributed by atoms with Gasteiger partial charge in [0.2, 0.25) is 0 Å². The summed E-state index contributed by atoms with van der Waals surface area (Å²) >= 11 is 0. The molecule has 0 radical (unpaired) electrons. The maximum Gasteiger partial charge on any atom is 0.262 e. The first-order chi connectivity index (χ1) is 9.30. The minimum atomic E-state index is -4.01. The molecule has 9 heteroatoms. The molecule has 0 spiro atoms. The Morgan fingerprint density at radius 1 is 1.45 bits per heavy atom. The predicted octanol–water partition coefficient (Wildman–Crippen LogP) is 1.10. The van der Waals surface area contributed by atoms with Gasteiger partial charge in [0.25, 0.3) is 16.4 Å². The fraction of sp³-hybridized carbons (Fsp3) is 0.727. The number of aromatic amines is 1. The largest absolute Gasteiger partial charge is 0.313 e. The van der Waals surface area contributed by atoms with E-state index in [4.69, 9.17) is 0 Å². The zero-order valence-corrected chi connectivity index (χ0v) is 12.6. The second kappa shape index (κ2) is 7.09. The minimum absolute atomic E-state index is 0.193. The fourth-order valence-electron chi connectivity index (χ4n) is 1.68. The van der Waals surface area contributed by atoms with Gasteiger partial charge in [0.1, 0.15) is 0 Å². The monoisotopic (exact) mass is 310 g/mol. The molecular formula is C11H20F2N4O2S. The minimum Gasteiger partial charge on any atom is -0.313 e. The first-order valence-electron chi connectivity index (χ1n) is 6.29. The molecule has 1 aromatic rings. The van der Waals surface area contributed by atoms with Crippen molar-refractivity contribution < 1.29 is 17.2 Å². The van der Waals surface area contributed by atoms with E-state index in [1.807, 2.05) is 6.92 Å². The lowest BCUT2D eigenvalue weighted by Gasteiger charge is -2.16. The predicted molar refractivity (Wildman–Crippen MR) is 71.1 cm³/mol. The molecule has 1 aromatic heterocycles. The van der Waals surface area contributed by atoms with Crippen LogP contribution in [0, 0.1) is 6.92 Å². The summed E-state index contributed by atoms with van der Waals surface area (Å²) in [5.74, 6) is 0. The number of hydrogen-bond acceptors (Lipinski definition) is 4. The van der Waals surface area contributed by atoms with E-state index in [-0.39, 0.29) is 5.03 Å². The Morgan fingerprint density at radius 3 is 2.65 bits per heavy atom. The molecule has 20 heavy (non-hydrogen) atoms. The third-order valence-corrected chi connectivity index (χ3v) is 4.61. The molecule has 0 saturated heterocycles. The van der Waals surface area contributed by atoms with Gasteiger partial charge in [0, 0.05) is 24.8 Å². The van der Waals surface area contributed by atoms with Gasteiger partial charge in [-0.3, -0.25) is 5.10 Å². The highest BCUT2D eigenvalue weighted by molar-refractivity contribution is 7.89. The van der Waals surface area contributed by atoms with E-state index in [1.165, 1.54) is 0 Å². The standard InChI is InChI=1S/C11H20F2N4O2S/c1-4-5-14-6-9-8(2)15-16-11(9)20(18,19)17(3)7-10(12)13/h10,14H,4-7H2,1-3H3,(H,15,16). The topological polar surface area (TPSA) is 78.1 Å². The molecule has 2 N–H and O–H groups in total. The van der Waals surface area contributed by atoms with Crippen molar-refractivity contribution in [3.05, 3.63) is 11.3 Å². The number of H-pyrrole nitrogens is 1. The summed E-state index contributed by atoms with van der Waals surface area (Å²) in [5, 5.41) is 9.24. The highest BCUT2D eigenvalue weighted by Crippen LogP contribution is 2.20. The average Bonchev–Trinajstić information content (AvgIpc) is 2.71. The molecule has 0 amide bonds. The second-order valence-corrected chi connectivity index (χ2v) is 6.45. The molecule has 0 saturated carbocycles. The van der Waals surface area contributed by atoms with Crippen LogP contribution in [-0.4, -0.2) is 49.5 Å². The summed E-state index contributed by atoms with van der Waals surface area (Å²) in [6, 6.07) is 0. The lowest BCUT2D eigenvalue weighted by molar-refractivity contribution is 0.126. The Kier molecular flexibility index (Phi) is 6.03. The van der Waals surface area contributed by atoms with Gasteiger partial charge in [-0.15, -0.1) is 0 Å². The van der Waals surface area contributed by atoms with Crippen LogP contribution in [0.15, 0.2) is 5.03 Å². The number of rotatable bonds is 8. The molecule has 0 bridgehead atoms. The van der Waals surface area contributed by atoms with Crippen molar-refractivity contribution in [2.45, 2.75) is 38.3 Å². The summed E-state index contributed by atoms with van der Waals surface area (Å²) in [6.07, 6.45) is -1.82. The van der Waals surface area contributed by atoms with Crippen LogP contribution < -0.4 is 5.32 Å². The van der Waals surface area contributed by atoms with Gasteiger partial charge in [-0.1, -0.05) is 6.92 Å². The van der Waals surface area contributed by atoms with Crippen LogP contribution in [0.4, 0.5) is 8.78 Å². The number of nitrogens with zero attached hydrogens (tertiary/aromatic N) is 2. The van der Waals surface area contributed by atoms with Crippen molar-refractivity contribution in [1.82, 2.24) is 19.8 Å². The summed E-state index contributed by atoms with van der Waals surface area (Å²) < 4.78 is 49.7. The van der Waals surface area contributed by atoms with Crippen LogP contribution in [0.2, 0.25) is 0 Å². The normalized spacial score (nSPS) is 12.6. The number of aromatic nitrogens is 2. The lowest BCUT2D eigenvalue weighted by Crippen LogP contribution is -2.32. The molecule has 116 valence electrons. The molecule has 0 fully saturated rings. The van der Waals surface area contributed by atoms with Gasteiger partial charge in [0.05, 0.1) is 6.54 Å². The smallest absolute Gasteiger partial charge is 0.262 e. The van der Waals surface area contributed by atoms with E-state index in [9.17, 15) is 17.2 Å². The van der Waals surface area contributed by atoms with Crippen LogP contribution in [0.1, 0.15) is 24.6 Å². The Labute approximate surface area is 117 Å².